The number of hydrogen-bond donors (Lipinski definition) is 0. The number of hydrogen-bond acceptors (Lipinski definition) is 2. The number of amides is 1. The summed E-state index contributed by atoms with van der Waals surface area (Å²) in [4.78, 5) is 17.3. The smallest absolute Gasteiger partial charge is 0.222 e. The van der Waals surface area contributed by atoms with Gasteiger partial charge < -0.3 is 9.80 Å². The van der Waals surface area contributed by atoms with Gasteiger partial charge in [0, 0.05) is 25.0 Å². The third kappa shape index (κ3) is 2.18. The van der Waals surface area contributed by atoms with Crippen LogP contribution in [0.25, 0.3) is 0 Å². The molecule has 1 aliphatic carbocycles. The van der Waals surface area contributed by atoms with Crippen molar-refractivity contribution < 1.29 is 4.79 Å². The highest BCUT2D eigenvalue weighted by molar-refractivity contribution is 5.77. The van der Waals surface area contributed by atoms with Crippen molar-refractivity contribution in [1.29, 1.82) is 0 Å². The van der Waals surface area contributed by atoms with Crippen LogP contribution in [-0.2, 0) is 4.79 Å². The molecular formula is C17H28N2O. The molecule has 3 saturated heterocycles. The van der Waals surface area contributed by atoms with Gasteiger partial charge in [0.25, 0.3) is 0 Å². The van der Waals surface area contributed by atoms with Crippen molar-refractivity contribution in [1.82, 2.24) is 9.80 Å². The van der Waals surface area contributed by atoms with E-state index >= 15 is 0 Å². The first-order chi connectivity index (χ1) is 9.83. The molecule has 4 fully saturated rings. The number of carbonyl (C=O) groups is 1. The fraction of sp³-hybridized carbons (Fsp3) is 0.941. The van der Waals surface area contributed by atoms with Crippen molar-refractivity contribution in [3.8, 4) is 0 Å². The Hall–Kier alpha value is -0.570. The molecule has 0 bridgehead atoms. The fourth-order valence-electron chi connectivity index (χ4n) is 5.53. The van der Waals surface area contributed by atoms with Gasteiger partial charge in [0.15, 0.2) is 0 Å². The van der Waals surface area contributed by atoms with Crippen LogP contribution in [-0.4, -0.2) is 47.4 Å². The SMILES string of the molecule is O=C1CCC[C@@H]2C[C@H](N3CCCCC3)C[C@@H]3CCN1[C@H]23. The summed E-state index contributed by atoms with van der Waals surface area (Å²) in [5, 5.41) is 0. The predicted octanol–water partition coefficient (Wildman–Crippen LogP) is 2.65. The molecule has 3 heterocycles. The zero-order valence-electron chi connectivity index (χ0n) is 12.6. The molecule has 4 aliphatic rings. The average Bonchev–Trinajstić information content (AvgIpc) is 2.84. The minimum absolute atomic E-state index is 0.455. The quantitative estimate of drug-likeness (QED) is 0.735. The maximum absolute atomic E-state index is 12.2. The number of piperidine rings is 1. The van der Waals surface area contributed by atoms with Gasteiger partial charge in [-0.1, -0.05) is 6.42 Å². The second-order valence-corrected chi connectivity index (χ2v) is 7.50. The lowest BCUT2D eigenvalue weighted by atomic mass is 9.73. The molecule has 3 heteroatoms. The number of carbonyl (C=O) groups excluding carboxylic acids is 1. The van der Waals surface area contributed by atoms with Gasteiger partial charge in [0.1, 0.15) is 0 Å². The summed E-state index contributed by atoms with van der Waals surface area (Å²) < 4.78 is 0. The summed E-state index contributed by atoms with van der Waals surface area (Å²) >= 11 is 0. The minimum Gasteiger partial charge on any atom is -0.339 e. The van der Waals surface area contributed by atoms with Crippen LogP contribution in [0.2, 0.25) is 0 Å². The molecule has 4 rings (SSSR count). The van der Waals surface area contributed by atoms with E-state index in [-0.39, 0.29) is 0 Å². The fourth-order valence-corrected chi connectivity index (χ4v) is 5.53. The third-order valence-electron chi connectivity index (χ3n) is 6.41. The van der Waals surface area contributed by atoms with Crippen LogP contribution in [0.15, 0.2) is 0 Å². The van der Waals surface area contributed by atoms with E-state index in [1.54, 1.807) is 0 Å². The maximum atomic E-state index is 12.2. The van der Waals surface area contributed by atoms with Crippen molar-refractivity contribution in [3.05, 3.63) is 0 Å². The van der Waals surface area contributed by atoms with E-state index in [0.717, 1.165) is 37.3 Å². The molecule has 0 aromatic rings. The summed E-state index contributed by atoms with van der Waals surface area (Å²) in [5.74, 6) is 2.06. The summed E-state index contributed by atoms with van der Waals surface area (Å²) in [6, 6.07) is 1.45. The third-order valence-corrected chi connectivity index (χ3v) is 6.41. The zero-order valence-corrected chi connectivity index (χ0v) is 12.6. The Morgan fingerprint density at radius 1 is 0.850 bits per heavy atom. The van der Waals surface area contributed by atoms with Crippen LogP contribution in [0.3, 0.4) is 0 Å². The molecule has 1 saturated carbocycles. The van der Waals surface area contributed by atoms with E-state index in [9.17, 15) is 4.79 Å². The minimum atomic E-state index is 0.455. The summed E-state index contributed by atoms with van der Waals surface area (Å²) in [5.41, 5.74) is 0. The van der Waals surface area contributed by atoms with Crippen LogP contribution in [0.5, 0.6) is 0 Å². The topological polar surface area (TPSA) is 23.6 Å². The van der Waals surface area contributed by atoms with Gasteiger partial charge in [-0.2, -0.15) is 0 Å². The van der Waals surface area contributed by atoms with E-state index in [1.807, 2.05) is 0 Å². The molecule has 0 spiro atoms. The summed E-state index contributed by atoms with van der Waals surface area (Å²) in [6.45, 7) is 3.71. The molecule has 3 aliphatic heterocycles. The zero-order chi connectivity index (χ0) is 13.5. The van der Waals surface area contributed by atoms with Crippen LogP contribution in [0.1, 0.15) is 57.8 Å². The Kier molecular flexibility index (Phi) is 3.49. The molecule has 0 radical (unpaired) electrons. The molecule has 4 atom stereocenters. The molecule has 0 N–H and O–H groups in total. The maximum Gasteiger partial charge on any atom is 0.222 e. The monoisotopic (exact) mass is 276 g/mol. The van der Waals surface area contributed by atoms with Crippen LogP contribution in [0, 0.1) is 11.8 Å². The lowest BCUT2D eigenvalue weighted by molar-refractivity contribution is -0.133. The van der Waals surface area contributed by atoms with E-state index in [2.05, 4.69) is 9.80 Å². The van der Waals surface area contributed by atoms with E-state index < -0.39 is 0 Å². The Labute approximate surface area is 122 Å². The van der Waals surface area contributed by atoms with Crippen molar-refractivity contribution in [2.75, 3.05) is 19.6 Å². The van der Waals surface area contributed by atoms with Gasteiger partial charge >= 0.3 is 0 Å². The second kappa shape index (κ2) is 5.32. The second-order valence-electron chi connectivity index (χ2n) is 7.50. The van der Waals surface area contributed by atoms with Gasteiger partial charge in [0.05, 0.1) is 0 Å². The van der Waals surface area contributed by atoms with E-state index in [0.29, 0.717) is 11.9 Å². The van der Waals surface area contributed by atoms with Crippen LogP contribution >= 0.6 is 0 Å². The standard InChI is InChI=1S/C17H28N2O/c20-16-6-4-5-13-11-15(18-8-2-1-3-9-18)12-14-7-10-19(16)17(13)14/h13-15,17H,1-12H2/t13-,14+,15+,17-/m1/s1. The molecule has 0 unspecified atom stereocenters. The van der Waals surface area contributed by atoms with Gasteiger partial charge in [-0.05, 0) is 69.9 Å². The van der Waals surface area contributed by atoms with Crippen molar-refractivity contribution in [3.63, 3.8) is 0 Å². The van der Waals surface area contributed by atoms with Gasteiger partial charge in [-0.25, -0.2) is 0 Å². The van der Waals surface area contributed by atoms with E-state index in [4.69, 9.17) is 0 Å². The Bertz CT molecular complexity index is 377. The highest BCUT2D eigenvalue weighted by atomic mass is 16.2. The number of likely N-dealkylation sites (tertiary alicyclic amines) is 1. The highest BCUT2D eigenvalue weighted by Crippen LogP contribution is 2.45. The highest BCUT2D eigenvalue weighted by Gasteiger charge is 2.48. The number of nitrogens with zero attached hydrogens (tertiary/aromatic N) is 2. The van der Waals surface area contributed by atoms with Crippen molar-refractivity contribution >= 4 is 5.91 Å². The van der Waals surface area contributed by atoms with E-state index in [1.165, 1.54) is 58.0 Å². The van der Waals surface area contributed by atoms with Crippen molar-refractivity contribution in [2.45, 2.75) is 69.9 Å². The summed E-state index contributed by atoms with van der Waals surface area (Å²) in [6.07, 6.45) is 11.5. The average molecular weight is 276 g/mol. The Balaban J connectivity index is 1.51. The molecule has 1 amide bonds. The molecule has 0 aromatic heterocycles. The largest absolute Gasteiger partial charge is 0.339 e. The van der Waals surface area contributed by atoms with Gasteiger partial charge in [0.2, 0.25) is 5.91 Å². The molecule has 0 aromatic carbocycles. The van der Waals surface area contributed by atoms with Gasteiger partial charge in [-0.15, -0.1) is 0 Å². The molecule has 3 nitrogen and oxygen atoms in total. The summed E-state index contributed by atoms with van der Waals surface area (Å²) in [7, 11) is 0. The van der Waals surface area contributed by atoms with Gasteiger partial charge in [-0.3, -0.25) is 4.79 Å². The predicted molar refractivity (Wildman–Crippen MR) is 79.4 cm³/mol. The lowest BCUT2D eigenvalue weighted by Crippen LogP contribution is -2.50. The molecular weight excluding hydrogens is 248 g/mol. The van der Waals surface area contributed by atoms with Crippen LogP contribution in [0.4, 0.5) is 0 Å². The first-order valence-electron chi connectivity index (χ1n) is 8.86. The lowest BCUT2D eigenvalue weighted by Gasteiger charge is -2.45. The van der Waals surface area contributed by atoms with Crippen molar-refractivity contribution in [2.24, 2.45) is 11.8 Å². The Morgan fingerprint density at radius 3 is 2.40 bits per heavy atom. The number of rotatable bonds is 1. The molecule has 20 heavy (non-hydrogen) atoms. The Morgan fingerprint density at radius 2 is 1.60 bits per heavy atom. The molecule has 112 valence electrons. The normalized spacial score (nSPS) is 42.4. The van der Waals surface area contributed by atoms with Crippen LogP contribution < -0.4 is 0 Å². The first kappa shape index (κ1) is 13.1. The first-order valence-corrected chi connectivity index (χ1v) is 8.86.